The van der Waals surface area contributed by atoms with Crippen molar-refractivity contribution in [3.8, 4) is 0 Å². The Morgan fingerprint density at radius 3 is 1.54 bits per heavy atom. The predicted molar refractivity (Wildman–Crippen MR) is 108 cm³/mol. The van der Waals surface area contributed by atoms with Gasteiger partial charge in [0.2, 0.25) is 0 Å². The second kappa shape index (κ2) is 7.62. The molecule has 3 heteroatoms. The predicted octanol–water partition coefficient (Wildman–Crippen LogP) is 4.18. The molecule has 2 rings (SSSR count). The Hall–Kier alpha value is -0.786. The molecule has 0 saturated heterocycles. The summed E-state index contributed by atoms with van der Waals surface area (Å²) in [6.45, 7) is 12.4. The Labute approximate surface area is 158 Å². The van der Waals surface area contributed by atoms with Gasteiger partial charge in [0.1, 0.15) is 0 Å². The third-order valence-corrected chi connectivity index (χ3v) is 10.0. The summed E-state index contributed by atoms with van der Waals surface area (Å²) in [6, 6.07) is 21.7. The first-order chi connectivity index (χ1) is 11.2. The van der Waals surface area contributed by atoms with Crippen molar-refractivity contribution in [2.75, 3.05) is 6.61 Å². The molecule has 0 spiro atoms. The van der Waals surface area contributed by atoms with Crippen LogP contribution in [0.4, 0.5) is 0 Å². The summed E-state index contributed by atoms with van der Waals surface area (Å²) in [6.07, 6.45) is 0. The van der Waals surface area contributed by atoms with Gasteiger partial charge in [-0.05, 0) is 0 Å². The van der Waals surface area contributed by atoms with E-state index in [1.54, 1.807) is 0 Å². The minimum absolute atomic E-state index is 0.0551. The second-order valence-electron chi connectivity index (χ2n) is 8.47. The van der Waals surface area contributed by atoms with E-state index in [4.69, 9.17) is 4.43 Å². The van der Waals surface area contributed by atoms with E-state index in [9.17, 15) is 0 Å². The molecule has 1 nitrogen and oxygen atoms in total. The molecule has 0 bridgehead atoms. The van der Waals surface area contributed by atoms with E-state index in [0.717, 1.165) is 11.7 Å². The van der Waals surface area contributed by atoms with Crippen LogP contribution >= 0.6 is 0 Å². The Bertz CT molecular complexity index is 592. The van der Waals surface area contributed by atoms with Gasteiger partial charge in [-0.25, -0.2) is 0 Å². The first-order valence-electron chi connectivity index (χ1n) is 8.98. The van der Waals surface area contributed by atoms with Gasteiger partial charge in [-0.3, -0.25) is 0 Å². The summed E-state index contributed by atoms with van der Waals surface area (Å²) in [5, 5.41) is 3.89. The number of benzene rings is 2. The van der Waals surface area contributed by atoms with Gasteiger partial charge in [0.15, 0.2) is 0 Å². The fourth-order valence-corrected chi connectivity index (χ4v) is 7.93. The Morgan fingerprint density at radius 1 is 0.792 bits per heavy atom. The van der Waals surface area contributed by atoms with Crippen molar-refractivity contribution < 1.29 is 4.43 Å². The van der Waals surface area contributed by atoms with Crippen molar-refractivity contribution in [1.29, 1.82) is 0 Å². The first kappa shape index (κ1) is 19.5. The van der Waals surface area contributed by atoms with Crippen molar-refractivity contribution in [1.82, 2.24) is 0 Å². The molecule has 0 amide bonds. The second-order valence-corrected chi connectivity index (χ2v) is 12.8. The zero-order valence-electron chi connectivity index (χ0n) is 16.1. The summed E-state index contributed by atoms with van der Waals surface area (Å²) in [7, 11) is -2.38. The van der Waals surface area contributed by atoms with Crippen molar-refractivity contribution in [2.45, 2.75) is 44.8 Å². The van der Waals surface area contributed by atoms with Crippen LogP contribution in [0.15, 0.2) is 60.7 Å². The molecule has 0 N–H and O–H groups in total. The quantitative estimate of drug-likeness (QED) is 0.721. The van der Waals surface area contributed by atoms with Gasteiger partial charge < -0.3 is 0 Å². The third kappa shape index (κ3) is 4.06. The number of hydrogen-bond donors (Lipinski definition) is 0. The van der Waals surface area contributed by atoms with Gasteiger partial charge in [0.25, 0.3) is 0 Å². The molecule has 0 aromatic heterocycles. The molecule has 124 valence electrons. The van der Waals surface area contributed by atoms with Gasteiger partial charge in [-0.15, -0.1) is 0 Å². The van der Waals surface area contributed by atoms with E-state index in [1.807, 2.05) is 0 Å². The van der Waals surface area contributed by atoms with E-state index < -0.39 is 8.32 Å². The molecule has 24 heavy (non-hydrogen) atoms. The van der Waals surface area contributed by atoms with Crippen LogP contribution < -0.4 is 10.4 Å². The third-order valence-electron chi connectivity index (χ3n) is 5.05. The van der Waals surface area contributed by atoms with Crippen molar-refractivity contribution >= 4 is 36.4 Å². The van der Waals surface area contributed by atoms with Crippen LogP contribution in [-0.2, 0) is 4.43 Å². The molecular weight excluding hydrogens is 303 g/mol. The molecule has 0 aliphatic rings. The van der Waals surface area contributed by atoms with Crippen molar-refractivity contribution in [3.05, 3.63) is 60.7 Å². The van der Waals surface area contributed by atoms with Crippen LogP contribution in [0.3, 0.4) is 0 Å². The molecule has 0 saturated carbocycles. The van der Waals surface area contributed by atoms with Gasteiger partial charge >= 0.3 is 158 Å². The van der Waals surface area contributed by atoms with Gasteiger partial charge in [-0.1, -0.05) is 0 Å². The molecule has 0 unspecified atom stereocenters. The Balaban J connectivity index is 2.62. The van der Waals surface area contributed by atoms with Gasteiger partial charge in [0, 0.05) is 0 Å². The molecule has 2 aromatic carbocycles. The maximum absolute atomic E-state index is 6.96. The standard InChI is InChI=1S/C21H29OSi.Li/c1-20(2,3)17-22-23(21(4,5)6,18-13-9-7-10-14-18)19-15-11-8-12-16-19;/h7-16H,1,17H2,2-6H3;. The summed E-state index contributed by atoms with van der Waals surface area (Å²) in [4.78, 5) is 0. The molecule has 0 fully saturated rings. The van der Waals surface area contributed by atoms with Crippen molar-refractivity contribution in [2.24, 2.45) is 5.41 Å². The molecule has 0 radical (unpaired) electrons. The van der Waals surface area contributed by atoms with E-state index in [1.165, 1.54) is 10.4 Å². The summed E-state index contributed by atoms with van der Waals surface area (Å²) in [5.74, 6) is 0. The van der Waals surface area contributed by atoms with E-state index in [-0.39, 0.29) is 10.5 Å². The molecule has 2 aromatic rings. The molecule has 0 heterocycles. The van der Waals surface area contributed by atoms with E-state index in [2.05, 4.69) is 113 Å². The fraction of sp³-hybridized carbons (Fsp3) is 0.429. The average Bonchev–Trinajstić information content (AvgIpc) is 2.56. The molecule has 0 aliphatic heterocycles. The van der Waals surface area contributed by atoms with Crippen LogP contribution in [0.25, 0.3) is 0 Å². The Kier molecular flexibility index (Phi) is 6.21. The minimum atomic E-state index is -2.38. The van der Waals surface area contributed by atoms with Crippen LogP contribution in [0.5, 0.6) is 0 Å². The summed E-state index contributed by atoms with van der Waals surface area (Å²) < 4.78 is 6.96. The van der Waals surface area contributed by atoms with Gasteiger partial charge in [0.05, 0.1) is 0 Å². The number of rotatable bonds is 6. The van der Waals surface area contributed by atoms with E-state index >= 15 is 0 Å². The van der Waals surface area contributed by atoms with Gasteiger partial charge in [-0.2, -0.15) is 0 Å². The van der Waals surface area contributed by atoms with Crippen LogP contribution in [-0.4, -0.2) is 32.6 Å². The van der Waals surface area contributed by atoms with Crippen LogP contribution in [0.2, 0.25) is 10.1 Å². The zero-order valence-corrected chi connectivity index (χ0v) is 17.1. The fourth-order valence-electron chi connectivity index (χ4n) is 3.17. The molecular formula is C21H29LiOSi. The van der Waals surface area contributed by atoms with Crippen LogP contribution in [0.1, 0.15) is 34.6 Å². The topological polar surface area (TPSA) is 9.23 Å². The SMILES string of the molecule is [Li][CH2]C(C)(C)CO[Si](c1ccccc1)(c1ccccc1)C(C)(C)C. The molecule has 0 aliphatic carbocycles. The molecule has 0 atom stereocenters. The van der Waals surface area contributed by atoms with Crippen molar-refractivity contribution in [3.63, 3.8) is 0 Å². The Morgan fingerprint density at radius 2 is 1.21 bits per heavy atom. The van der Waals surface area contributed by atoms with E-state index in [0.29, 0.717) is 0 Å². The first-order valence-corrected chi connectivity index (χ1v) is 10.9. The zero-order chi connectivity index (χ0) is 17.8. The summed E-state index contributed by atoms with van der Waals surface area (Å²) in [5.41, 5.74) is 0.188. The monoisotopic (exact) mass is 332 g/mol. The van der Waals surface area contributed by atoms with Crippen LogP contribution in [0, 0.1) is 5.41 Å². The normalized spacial score (nSPS) is 13.1. The summed E-state index contributed by atoms with van der Waals surface area (Å²) >= 11 is 2.24. The number of hydrogen-bond acceptors (Lipinski definition) is 1. The maximum atomic E-state index is 6.96. The average molecular weight is 332 g/mol.